The summed E-state index contributed by atoms with van der Waals surface area (Å²) in [5.74, 6) is -0.406. The van der Waals surface area contributed by atoms with E-state index in [2.05, 4.69) is 4.98 Å². The van der Waals surface area contributed by atoms with Gasteiger partial charge < -0.3 is 0 Å². The van der Waals surface area contributed by atoms with Crippen molar-refractivity contribution in [3.05, 3.63) is 28.0 Å². The number of hydrogen-bond acceptors (Lipinski definition) is 3. The van der Waals surface area contributed by atoms with Gasteiger partial charge in [-0.25, -0.2) is 10.0 Å². The molecule has 0 aliphatic heterocycles. The predicted octanol–water partition coefficient (Wildman–Crippen LogP) is 2.02. The molecule has 1 aromatic heterocycles. The molecule has 14 heavy (non-hydrogen) atoms. The number of carbonyl (C=O) groups excluding carboxylic acids is 1. The van der Waals surface area contributed by atoms with Crippen LogP contribution in [-0.2, 0) is 4.84 Å². The van der Waals surface area contributed by atoms with E-state index in [1.54, 1.807) is 0 Å². The summed E-state index contributed by atoms with van der Waals surface area (Å²) in [6.07, 6.45) is 0. The van der Waals surface area contributed by atoms with Gasteiger partial charge in [-0.15, -0.1) is 0 Å². The van der Waals surface area contributed by atoms with Gasteiger partial charge in [0, 0.05) is 12.1 Å². The third kappa shape index (κ3) is 2.57. The zero-order valence-electron chi connectivity index (χ0n) is 7.62. The van der Waals surface area contributed by atoms with Crippen LogP contribution in [-0.4, -0.2) is 30.1 Å². The van der Waals surface area contributed by atoms with Crippen LogP contribution in [0.25, 0.3) is 0 Å². The molecule has 0 aliphatic rings. The summed E-state index contributed by atoms with van der Waals surface area (Å²) in [6.45, 7) is 0. The van der Waals surface area contributed by atoms with E-state index in [1.807, 2.05) is 0 Å². The van der Waals surface area contributed by atoms with Gasteiger partial charge in [0.05, 0.1) is 7.11 Å². The Balaban J connectivity index is 3.01. The first-order valence-corrected chi connectivity index (χ1v) is 4.45. The summed E-state index contributed by atoms with van der Waals surface area (Å²) in [6, 6.07) is 2.87. The second kappa shape index (κ2) is 4.59. The van der Waals surface area contributed by atoms with Gasteiger partial charge in [0.1, 0.15) is 10.8 Å². The highest BCUT2D eigenvalue weighted by molar-refractivity contribution is 6.34. The SMILES string of the molecule is CON(C)C(=O)c1cc(Cl)cc(Cl)n1. The fraction of sp³-hybridized carbons (Fsp3) is 0.250. The quantitative estimate of drug-likeness (QED) is 0.581. The molecule has 1 aromatic rings. The molecule has 0 aromatic carbocycles. The predicted molar refractivity (Wildman–Crippen MR) is 53.4 cm³/mol. The second-order valence-electron chi connectivity index (χ2n) is 2.48. The topological polar surface area (TPSA) is 42.4 Å². The Bertz CT molecular complexity index is 337. The number of hydroxylamine groups is 2. The first-order valence-electron chi connectivity index (χ1n) is 3.70. The van der Waals surface area contributed by atoms with Gasteiger partial charge in [-0.1, -0.05) is 23.2 Å². The van der Waals surface area contributed by atoms with Crippen molar-refractivity contribution in [1.29, 1.82) is 0 Å². The van der Waals surface area contributed by atoms with Crippen LogP contribution in [0.2, 0.25) is 10.2 Å². The van der Waals surface area contributed by atoms with Crippen molar-refractivity contribution in [1.82, 2.24) is 10.0 Å². The Kier molecular flexibility index (Phi) is 3.69. The number of nitrogens with zero attached hydrogens (tertiary/aromatic N) is 2. The van der Waals surface area contributed by atoms with Crippen molar-refractivity contribution in [3.8, 4) is 0 Å². The molecule has 6 heteroatoms. The first kappa shape index (κ1) is 11.2. The molecule has 1 amide bonds. The van der Waals surface area contributed by atoms with Crippen LogP contribution in [0.4, 0.5) is 0 Å². The zero-order chi connectivity index (χ0) is 10.7. The summed E-state index contributed by atoms with van der Waals surface area (Å²) in [7, 11) is 2.85. The summed E-state index contributed by atoms with van der Waals surface area (Å²) in [4.78, 5) is 20.0. The average Bonchev–Trinajstić information content (AvgIpc) is 2.14. The molecule has 0 saturated heterocycles. The summed E-state index contributed by atoms with van der Waals surface area (Å²) < 4.78 is 0. The molecule has 0 aliphatic carbocycles. The molecule has 0 fully saturated rings. The molecule has 4 nitrogen and oxygen atoms in total. The maximum Gasteiger partial charge on any atom is 0.295 e. The molecule has 0 spiro atoms. The molecule has 1 rings (SSSR count). The highest BCUT2D eigenvalue weighted by Gasteiger charge is 2.14. The normalized spacial score (nSPS) is 10.0. The minimum absolute atomic E-state index is 0.145. The van der Waals surface area contributed by atoms with Crippen LogP contribution in [0.3, 0.4) is 0 Å². The van der Waals surface area contributed by atoms with Gasteiger partial charge in [0.15, 0.2) is 0 Å². The Morgan fingerprint density at radius 3 is 2.64 bits per heavy atom. The monoisotopic (exact) mass is 234 g/mol. The van der Waals surface area contributed by atoms with E-state index in [0.29, 0.717) is 5.02 Å². The Hall–Kier alpha value is -0.840. The van der Waals surface area contributed by atoms with Crippen LogP contribution < -0.4 is 0 Å². The summed E-state index contributed by atoms with van der Waals surface area (Å²) in [5, 5.41) is 1.57. The van der Waals surface area contributed by atoms with E-state index in [0.717, 1.165) is 5.06 Å². The maximum absolute atomic E-state index is 11.5. The molecule has 0 radical (unpaired) electrons. The van der Waals surface area contributed by atoms with E-state index < -0.39 is 5.91 Å². The Labute approximate surface area is 91.3 Å². The first-order chi connectivity index (χ1) is 6.54. The molecule has 0 N–H and O–H groups in total. The molecule has 0 unspecified atom stereocenters. The molecule has 76 valence electrons. The smallest absolute Gasteiger partial charge is 0.274 e. The van der Waals surface area contributed by atoms with Crippen molar-refractivity contribution in [2.75, 3.05) is 14.2 Å². The largest absolute Gasteiger partial charge is 0.295 e. The molecule has 0 bridgehead atoms. The lowest BCUT2D eigenvalue weighted by Gasteiger charge is -2.12. The zero-order valence-corrected chi connectivity index (χ0v) is 9.13. The molecule has 1 heterocycles. The van der Waals surface area contributed by atoms with Gasteiger partial charge in [0.25, 0.3) is 5.91 Å². The van der Waals surface area contributed by atoms with Gasteiger partial charge in [-0.05, 0) is 12.1 Å². The van der Waals surface area contributed by atoms with Crippen molar-refractivity contribution in [3.63, 3.8) is 0 Å². The van der Waals surface area contributed by atoms with Crippen molar-refractivity contribution in [2.45, 2.75) is 0 Å². The van der Waals surface area contributed by atoms with Crippen LogP contribution in [0.15, 0.2) is 12.1 Å². The van der Waals surface area contributed by atoms with Crippen LogP contribution >= 0.6 is 23.2 Å². The Morgan fingerprint density at radius 2 is 2.14 bits per heavy atom. The highest BCUT2D eigenvalue weighted by atomic mass is 35.5. The third-order valence-electron chi connectivity index (χ3n) is 1.54. The summed E-state index contributed by atoms with van der Waals surface area (Å²) >= 11 is 11.3. The van der Waals surface area contributed by atoms with Gasteiger partial charge >= 0.3 is 0 Å². The standard InChI is InChI=1S/C8H8Cl2N2O2/c1-12(14-2)8(13)6-3-5(9)4-7(10)11-6/h3-4H,1-2H3. The fourth-order valence-corrected chi connectivity index (χ4v) is 1.29. The van der Waals surface area contributed by atoms with Gasteiger partial charge in [0.2, 0.25) is 0 Å². The lowest BCUT2D eigenvalue weighted by atomic mass is 10.3. The lowest BCUT2D eigenvalue weighted by molar-refractivity contribution is -0.0760. The number of halogens is 2. The summed E-state index contributed by atoms with van der Waals surface area (Å²) in [5.41, 5.74) is 0.145. The second-order valence-corrected chi connectivity index (χ2v) is 3.30. The van der Waals surface area contributed by atoms with Crippen molar-refractivity contribution >= 4 is 29.1 Å². The number of hydrogen-bond donors (Lipinski definition) is 0. The van der Waals surface area contributed by atoms with Crippen LogP contribution in [0.5, 0.6) is 0 Å². The van der Waals surface area contributed by atoms with Gasteiger partial charge in [-0.2, -0.15) is 0 Å². The molecular formula is C8H8Cl2N2O2. The van der Waals surface area contributed by atoms with Gasteiger partial charge in [-0.3, -0.25) is 9.63 Å². The van der Waals surface area contributed by atoms with E-state index in [1.165, 1.54) is 26.3 Å². The van der Waals surface area contributed by atoms with E-state index in [9.17, 15) is 4.79 Å². The maximum atomic E-state index is 11.5. The number of rotatable bonds is 2. The van der Waals surface area contributed by atoms with E-state index in [4.69, 9.17) is 28.0 Å². The average molecular weight is 235 g/mol. The van der Waals surface area contributed by atoms with Crippen LogP contribution in [0, 0.1) is 0 Å². The highest BCUT2D eigenvalue weighted by Crippen LogP contribution is 2.16. The third-order valence-corrected chi connectivity index (χ3v) is 1.95. The number of pyridine rings is 1. The fourth-order valence-electron chi connectivity index (χ4n) is 0.819. The lowest BCUT2D eigenvalue weighted by Crippen LogP contribution is -2.26. The number of amides is 1. The van der Waals surface area contributed by atoms with Crippen molar-refractivity contribution in [2.24, 2.45) is 0 Å². The number of aromatic nitrogens is 1. The molecule has 0 atom stereocenters. The minimum Gasteiger partial charge on any atom is -0.274 e. The molecular weight excluding hydrogens is 227 g/mol. The minimum atomic E-state index is -0.406. The van der Waals surface area contributed by atoms with E-state index in [-0.39, 0.29) is 10.8 Å². The van der Waals surface area contributed by atoms with E-state index >= 15 is 0 Å². The Morgan fingerprint density at radius 1 is 1.50 bits per heavy atom. The van der Waals surface area contributed by atoms with Crippen LogP contribution in [0.1, 0.15) is 10.5 Å². The van der Waals surface area contributed by atoms with Crippen molar-refractivity contribution < 1.29 is 9.63 Å². The number of carbonyl (C=O) groups is 1. The molecule has 0 saturated carbocycles.